The lowest BCUT2D eigenvalue weighted by molar-refractivity contribution is 0.469. The fourth-order valence-corrected chi connectivity index (χ4v) is 0.770. The maximum Gasteiger partial charge on any atom is 0 e. The van der Waals surface area contributed by atoms with E-state index in [1.54, 1.807) is 0 Å². The average molecular weight is 542 g/mol. The van der Waals surface area contributed by atoms with Crippen molar-refractivity contribution in [2.75, 3.05) is 0 Å². The summed E-state index contributed by atoms with van der Waals surface area (Å²) in [7, 11) is 0. The van der Waals surface area contributed by atoms with Gasteiger partial charge in [0, 0.05) is 37.2 Å². The molecular weight excluding hydrogens is 506 g/mol. The summed E-state index contributed by atoms with van der Waals surface area (Å²) in [6, 6.07) is 24.0. The first kappa shape index (κ1) is 30.7. The van der Waals surface area contributed by atoms with Crippen LogP contribution in [0.2, 0.25) is 0 Å². The standard InChI is InChI=1S/2C6H6.C5H12.2C2H6.I2/c2*1-2-4-6-5-3-1;1-5(2,3)4;3*1-2/h2*1-6H;1-4H3;2*1-2H3;. The Morgan fingerprint density at radius 3 is 0.478 bits per heavy atom. The third kappa shape index (κ3) is 61.2. The van der Waals surface area contributed by atoms with Crippen LogP contribution in [-0.4, -0.2) is 0 Å². The van der Waals surface area contributed by atoms with Crippen LogP contribution in [0.3, 0.4) is 0 Å². The van der Waals surface area contributed by atoms with E-state index in [4.69, 9.17) is 0 Å². The summed E-state index contributed by atoms with van der Waals surface area (Å²) in [6.07, 6.45) is 0. The highest BCUT2D eigenvalue weighted by atomic mass is 128. The first-order valence-electron chi connectivity index (χ1n) is 8.14. The van der Waals surface area contributed by atoms with E-state index in [2.05, 4.69) is 64.9 Å². The molecule has 0 radical (unpaired) electrons. The van der Waals surface area contributed by atoms with Crippen molar-refractivity contribution in [2.45, 2.75) is 55.4 Å². The van der Waals surface area contributed by atoms with Gasteiger partial charge in [0.15, 0.2) is 0 Å². The smallest absolute Gasteiger partial charge is 0 e. The Balaban J connectivity index is -0.000000102. The fraction of sp³-hybridized carbons (Fsp3) is 0.429. The maximum atomic E-state index is 2.19. The van der Waals surface area contributed by atoms with Crippen LogP contribution in [0.4, 0.5) is 0 Å². The molecule has 0 heterocycles. The summed E-state index contributed by atoms with van der Waals surface area (Å²) in [5, 5.41) is 0. The van der Waals surface area contributed by atoms with Gasteiger partial charge in [-0.3, -0.25) is 0 Å². The minimum atomic E-state index is 0.500. The highest BCUT2D eigenvalue weighted by Crippen LogP contribution is 2.08. The van der Waals surface area contributed by atoms with Gasteiger partial charge in [-0.05, 0) is 5.41 Å². The van der Waals surface area contributed by atoms with E-state index in [9.17, 15) is 0 Å². The van der Waals surface area contributed by atoms with Crippen molar-refractivity contribution in [3.05, 3.63) is 72.8 Å². The van der Waals surface area contributed by atoms with Gasteiger partial charge < -0.3 is 0 Å². The summed E-state index contributed by atoms with van der Waals surface area (Å²) < 4.78 is 0. The predicted molar refractivity (Wildman–Crippen MR) is 129 cm³/mol. The molecule has 23 heavy (non-hydrogen) atoms. The zero-order valence-electron chi connectivity index (χ0n) is 16.2. The highest BCUT2D eigenvalue weighted by molar-refractivity contribution is 15.0. The summed E-state index contributed by atoms with van der Waals surface area (Å²) in [6.45, 7) is 16.8. The van der Waals surface area contributed by atoms with Crippen LogP contribution in [0.25, 0.3) is 0 Å². The zero-order valence-corrected chi connectivity index (χ0v) is 20.5. The van der Waals surface area contributed by atoms with Gasteiger partial charge >= 0.3 is 0 Å². The summed E-state index contributed by atoms with van der Waals surface area (Å²) >= 11 is 4.24. The van der Waals surface area contributed by atoms with Gasteiger partial charge in [0.1, 0.15) is 0 Å². The quantitative estimate of drug-likeness (QED) is 0.291. The van der Waals surface area contributed by atoms with Crippen molar-refractivity contribution >= 4 is 37.2 Å². The van der Waals surface area contributed by atoms with Gasteiger partial charge in [-0.2, -0.15) is 0 Å². The van der Waals surface area contributed by atoms with E-state index in [0.29, 0.717) is 5.41 Å². The van der Waals surface area contributed by atoms with E-state index in [1.807, 2.05) is 100 Å². The second-order valence-electron chi connectivity index (χ2n) is 5.31. The lowest BCUT2D eigenvalue weighted by Gasteiger charge is -2.05. The Bertz CT molecular complexity index is 248. The van der Waals surface area contributed by atoms with E-state index < -0.39 is 0 Å². The van der Waals surface area contributed by atoms with E-state index in [-0.39, 0.29) is 0 Å². The van der Waals surface area contributed by atoms with Crippen LogP contribution in [0.15, 0.2) is 72.8 Å². The van der Waals surface area contributed by atoms with Crippen molar-refractivity contribution in [3.63, 3.8) is 0 Å². The Morgan fingerprint density at radius 1 is 0.391 bits per heavy atom. The van der Waals surface area contributed by atoms with Crippen LogP contribution in [0.5, 0.6) is 0 Å². The lowest BCUT2D eigenvalue weighted by atomic mass is 10.0. The molecule has 2 heteroatoms. The predicted octanol–water partition coefficient (Wildman–Crippen LogP) is 9.25. The zero-order chi connectivity index (χ0) is 19.0. The Hall–Kier alpha value is -0.1000. The normalized spacial score (nSPS) is 7.57. The molecular formula is C21H36I2. The molecule has 0 aliphatic rings. The molecule has 0 aliphatic heterocycles. The Morgan fingerprint density at radius 2 is 0.435 bits per heavy atom. The molecule has 0 saturated heterocycles. The summed E-state index contributed by atoms with van der Waals surface area (Å²) in [5.74, 6) is 0. The van der Waals surface area contributed by atoms with Gasteiger partial charge in [-0.25, -0.2) is 0 Å². The lowest BCUT2D eigenvalue weighted by Crippen LogP contribution is -1.93. The van der Waals surface area contributed by atoms with Crippen LogP contribution in [0.1, 0.15) is 55.4 Å². The molecule has 0 amide bonds. The maximum absolute atomic E-state index is 2.19. The van der Waals surface area contributed by atoms with Crippen molar-refractivity contribution < 1.29 is 0 Å². The molecule has 134 valence electrons. The molecule has 2 rings (SSSR count). The van der Waals surface area contributed by atoms with Crippen LogP contribution >= 0.6 is 37.2 Å². The number of rotatable bonds is 0. The van der Waals surface area contributed by atoms with Crippen LogP contribution in [-0.2, 0) is 0 Å². The number of benzene rings is 2. The molecule has 0 spiro atoms. The van der Waals surface area contributed by atoms with Crippen molar-refractivity contribution in [2.24, 2.45) is 5.41 Å². The first-order valence-corrected chi connectivity index (χ1v) is 14.4. The minimum absolute atomic E-state index is 0.500. The van der Waals surface area contributed by atoms with Gasteiger partial charge in [0.25, 0.3) is 0 Å². The second-order valence-corrected chi connectivity index (χ2v) is 5.31. The molecule has 0 nitrogen and oxygen atoms in total. The van der Waals surface area contributed by atoms with Crippen molar-refractivity contribution in [1.82, 2.24) is 0 Å². The largest absolute Gasteiger partial charge is 0.0683 e. The minimum Gasteiger partial charge on any atom is -0.0683 e. The molecule has 0 aromatic heterocycles. The third-order valence-electron chi connectivity index (χ3n) is 1.33. The Labute approximate surface area is 169 Å². The first-order chi connectivity index (χ1) is 11.0. The fourth-order valence-electron chi connectivity index (χ4n) is 0.770. The summed E-state index contributed by atoms with van der Waals surface area (Å²) in [5.41, 5.74) is 0.500. The molecule has 0 fully saturated rings. The van der Waals surface area contributed by atoms with Crippen molar-refractivity contribution in [3.8, 4) is 0 Å². The summed E-state index contributed by atoms with van der Waals surface area (Å²) in [4.78, 5) is 0. The molecule has 2 aromatic rings. The molecule has 0 N–H and O–H groups in total. The number of halogens is 2. The van der Waals surface area contributed by atoms with Crippen LogP contribution in [0, 0.1) is 5.41 Å². The highest BCUT2D eigenvalue weighted by Gasteiger charge is 1.95. The molecule has 0 unspecified atom stereocenters. The molecule has 0 saturated carbocycles. The third-order valence-corrected chi connectivity index (χ3v) is 1.33. The van der Waals surface area contributed by atoms with Gasteiger partial charge in [0.2, 0.25) is 0 Å². The molecule has 2 aromatic carbocycles. The topological polar surface area (TPSA) is 0 Å². The monoisotopic (exact) mass is 542 g/mol. The van der Waals surface area contributed by atoms with Gasteiger partial charge in [-0.15, -0.1) is 0 Å². The van der Waals surface area contributed by atoms with E-state index >= 15 is 0 Å². The van der Waals surface area contributed by atoms with E-state index in [1.165, 1.54) is 0 Å². The number of hydrogen-bond acceptors (Lipinski definition) is 0. The van der Waals surface area contributed by atoms with Crippen LogP contribution < -0.4 is 0 Å². The molecule has 0 atom stereocenters. The van der Waals surface area contributed by atoms with Crippen molar-refractivity contribution in [1.29, 1.82) is 0 Å². The van der Waals surface area contributed by atoms with Gasteiger partial charge in [0.05, 0.1) is 0 Å². The molecule has 0 bridgehead atoms. The number of hydrogen-bond donors (Lipinski definition) is 0. The second kappa shape index (κ2) is 29.9. The SMILES string of the molecule is CC.CC.CC(C)(C)C.II.c1ccccc1.c1ccccc1. The Kier molecular flexibility index (Phi) is 39.9. The molecule has 0 aliphatic carbocycles. The van der Waals surface area contributed by atoms with E-state index in [0.717, 1.165) is 0 Å². The van der Waals surface area contributed by atoms with Gasteiger partial charge in [-0.1, -0.05) is 128 Å². The average Bonchev–Trinajstić information content (AvgIpc) is 2.62.